The van der Waals surface area contributed by atoms with Crippen LogP contribution in [-0.4, -0.2) is 22.4 Å². The number of nitrogens with one attached hydrogen (secondary N) is 1. The fourth-order valence-corrected chi connectivity index (χ4v) is 3.12. The maximum Gasteiger partial charge on any atom is 0.433 e. The smallest absolute Gasteiger partial charge is 0.352 e. The first-order chi connectivity index (χ1) is 11.3. The lowest BCUT2D eigenvalue weighted by atomic mass is 10.2. The molecule has 0 aromatic carbocycles. The van der Waals surface area contributed by atoms with E-state index in [4.69, 9.17) is 0 Å². The summed E-state index contributed by atoms with van der Waals surface area (Å²) in [5, 5.41) is 4.47. The summed E-state index contributed by atoms with van der Waals surface area (Å²) in [7, 11) is 0. The second kappa shape index (κ2) is 7.74. The zero-order chi connectivity index (χ0) is 17.7. The van der Waals surface area contributed by atoms with E-state index in [1.807, 2.05) is 6.07 Å². The van der Waals surface area contributed by atoms with E-state index >= 15 is 0 Å². The van der Waals surface area contributed by atoms with Crippen LogP contribution < -0.4 is 5.32 Å². The predicted octanol–water partition coefficient (Wildman–Crippen LogP) is 3.79. The summed E-state index contributed by atoms with van der Waals surface area (Å²) in [6.07, 6.45) is -2.43. The van der Waals surface area contributed by atoms with Crippen molar-refractivity contribution in [3.8, 4) is 0 Å². The molecule has 130 valence electrons. The van der Waals surface area contributed by atoms with E-state index in [2.05, 4.69) is 22.2 Å². The van der Waals surface area contributed by atoms with Crippen LogP contribution >= 0.6 is 11.3 Å². The lowest BCUT2D eigenvalue weighted by Gasteiger charge is -2.09. The highest BCUT2D eigenvalue weighted by molar-refractivity contribution is 7.10. The highest BCUT2D eigenvalue weighted by Crippen LogP contribution is 2.27. The van der Waals surface area contributed by atoms with Crippen molar-refractivity contribution in [3.63, 3.8) is 0 Å². The van der Waals surface area contributed by atoms with E-state index in [0.29, 0.717) is 5.56 Å². The van der Waals surface area contributed by atoms with E-state index in [0.717, 1.165) is 23.8 Å². The molecule has 2 aromatic heterocycles. The van der Waals surface area contributed by atoms with Crippen LogP contribution in [0.4, 0.5) is 13.2 Å². The number of thiophene rings is 1. The summed E-state index contributed by atoms with van der Waals surface area (Å²) >= 11 is 1.53. The summed E-state index contributed by atoms with van der Waals surface area (Å²) in [4.78, 5) is 20.7. The predicted molar refractivity (Wildman–Crippen MR) is 86.1 cm³/mol. The molecule has 0 aliphatic heterocycles. The molecule has 0 fully saturated rings. The highest BCUT2D eigenvalue weighted by atomic mass is 32.1. The van der Waals surface area contributed by atoms with Gasteiger partial charge in [-0.2, -0.15) is 13.2 Å². The molecule has 0 saturated carbocycles. The SMILES string of the molecule is CCCc1cc(C(=O)NCCc2nc(C)cc(C(F)(F)F)n2)cs1. The van der Waals surface area contributed by atoms with Crippen LogP contribution in [0.25, 0.3) is 0 Å². The van der Waals surface area contributed by atoms with Crippen LogP contribution in [0.15, 0.2) is 17.5 Å². The minimum absolute atomic E-state index is 0.0691. The molecule has 24 heavy (non-hydrogen) atoms. The van der Waals surface area contributed by atoms with Crippen LogP contribution in [0.3, 0.4) is 0 Å². The molecule has 0 unspecified atom stereocenters. The standard InChI is InChI=1S/C16H18F3N3OS/c1-3-4-12-8-11(9-24-12)15(23)20-6-5-14-21-10(2)7-13(22-14)16(17,18)19/h7-9H,3-6H2,1-2H3,(H,20,23). The van der Waals surface area contributed by atoms with Gasteiger partial charge >= 0.3 is 6.18 Å². The molecule has 1 N–H and O–H groups in total. The van der Waals surface area contributed by atoms with E-state index in [1.165, 1.54) is 18.3 Å². The summed E-state index contributed by atoms with van der Waals surface area (Å²) < 4.78 is 38.2. The second-order valence-corrected chi connectivity index (χ2v) is 6.36. The van der Waals surface area contributed by atoms with Crippen LogP contribution in [0.5, 0.6) is 0 Å². The van der Waals surface area contributed by atoms with Crippen LogP contribution in [0, 0.1) is 6.92 Å². The molecular formula is C16H18F3N3OS. The number of halogens is 3. The van der Waals surface area contributed by atoms with Crippen molar-refractivity contribution in [2.75, 3.05) is 6.54 Å². The molecule has 2 heterocycles. The summed E-state index contributed by atoms with van der Waals surface area (Å²) in [5.41, 5.74) is -0.136. The summed E-state index contributed by atoms with van der Waals surface area (Å²) in [6, 6.07) is 2.75. The molecule has 0 saturated heterocycles. The van der Waals surface area contributed by atoms with Gasteiger partial charge in [-0.3, -0.25) is 4.79 Å². The number of carbonyl (C=O) groups excluding carboxylic acids is 1. The van der Waals surface area contributed by atoms with Gasteiger partial charge in [0.2, 0.25) is 0 Å². The molecule has 2 rings (SSSR count). The van der Waals surface area contributed by atoms with E-state index in [9.17, 15) is 18.0 Å². The zero-order valence-electron chi connectivity index (χ0n) is 13.4. The monoisotopic (exact) mass is 357 g/mol. The highest BCUT2D eigenvalue weighted by Gasteiger charge is 2.33. The second-order valence-electron chi connectivity index (χ2n) is 5.37. The summed E-state index contributed by atoms with van der Waals surface area (Å²) in [6.45, 7) is 3.73. The van der Waals surface area contributed by atoms with Gasteiger partial charge in [-0.15, -0.1) is 11.3 Å². The van der Waals surface area contributed by atoms with Crippen molar-refractivity contribution >= 4 is 17.2 Å². The molecule has 8 heteroatoms. The average molecular weight is 357 g/mol. The first-order valence-corrected chi connectivity index (χ1v) is 8.45. The first-order valence-electron chi connectivity index (χ1n) is 7.57. The van der Waals surface area contributed by atoms with Crippen molar-refractivity contribution < 1.29 is 18.0 Å². The largest absolute Gasteiger partial charge is 0.433 e. The number of carbonyl (C=O) groups is 1. The van der Waals surface area contributed by atoms with E-state index in [-0.39, 0.29) is 30.4 Å². The van der Waals surface area contributed by atoms with Gasteiger partial charge in [-0.05, 0) is 25.5 Å². The fraction of sp³-hybridized carbons (Fsp3) is 0.438. The van der Waals surface area contributed by atoms with Gasteiger partial charge in [0.1, 0.15) is 11.5 Å². The van der Waals surface area contributed by atoms with Crippen LogP contribution in [0.1, 0.15) is 45.8 Å². The molecule has 0 aliphatic carbocycles. The Balaban J connectivity index is 1.93. The minimum Gasteiger partial charge on any atom is -0.352 e. The molecule has 0 bridgehead atoms. The van der Waals surface area contributed by atoms with Gasteiger partial charge in [-0.1, -0.05) is 13.3 Å². The van der Waals surface area contributed by atoms with Gasteiger partial charge in [0.15, 0.2) is 0 Å². The van der Waals surface area contributed by atoms with Gasteiger partial charge < -0.3 is 5.32 Å². The van der Waals surface area contributed by atoms with Crippen molar-refractivity contribution in [2.24, 2.45) is 0 Å². The van der Waals surface area contributed by atoms with Crippen molar-refractivity contribution in [3.05, 3.63) is 45.2 Å². The number of amides is 1. The van der Waals surface area contributed by atoms with Crippen molar-refractivity contribution in [1.82, 2.24) is 15.3 Å². The van der Waals surface area contributed by atoms with Crippen LogP contribution in [0.2, 0.25) is 0 Å². The number of aromatic nitrogens is 2. The lowest BCUT2D eigenvalue weighted by Crippen LogP contribution is -2.26. The molecule has 0 radical (unpaired) electrons. The molecule has 0 atom stereocenters. The Labute approximate surface area is 142 Å². The Kier molecular flexibility index (Phi) is 5.93. The maximum absolute atomic E-state index is 12.7. The summed E-state index contributed by atoms with van der Waals surface area (Å²) in [5.74, 6) is -0.170. The number of alkyl halides is 3. The topological polar surface area (TPSA) is 54.9 Å². The number of nitrogens with zero attached hydrogens (tertiary/aromatic N) is 2. The number of hydrogen-bond donors (Lipinski definition) is 1. The molecule has 0 aliphatic rings. The van der Waals surface area contributed by atoms with E-state index in [1.54, 1.807) is 5.38 Å². The number of aryl methyl sites for hydroxylation is 2. The molecule has 1 amide bonds. The van der Waals surface area contributed by atoms with Crippen molar-refractivity contribution in [2.45, 2.75) is 39.3 Å². The lowest BCUT2D eigenvalue weighted by molar-refractivity contribution is -0.141. The third kappa shape index (κ3) is 5.02. The molecule has 4 nitrogen and oxygen atoms in total. The minimum atomic E-state index is -4.50. The Morgan fingerprint density at radius 1 is 1.25 bits per heavy atom. The first kappa shape index (κ1) is 18.4. The third-order valence-corrected chi connectivity index (χ3v) is 4.23. The molecule has 2 aromatic rings. The normalized spacial score (nSPS) is 11.5. The van der Waals surface area contributed by atoms with E-state index < -0.39 is 11.9 Å². The van der Waals surface area contributed by atoms with Gasteiger partial charge in [0.25, 0.3) is 5.91 Å². The fourth-order valence-electron chi connectivity index (χ4n) is 2.15. The average Bonchev–Trinajstić information content (AvgIpc) is 2.95. The molecule has 0 spiro atoms. The Bertz CT molecular complexity index is 713. The Morgan fingerprint density at radius 3 is 2.67 bits per heavy atom. The maximum atomic E-state index is 12.7. The number of rotatable bonds is 6. The van der Waals surface area contributed by atoms with Crippen molar-refractivity contribution in [1.29, 1.82) is 0 Å². The molecular weight excluding hydrogens is 339 g/mol. The number of hydrogen-bond acceptors (Lipinski definition) is 4. The van der Waals surface area contributed by atoms with Crippen LogP contribution in [-0.2, 0) is 19.0 Å². The van der Waals surface area contributed by atoms with Gasteiger partial charge in [0, 0.05) is 28.9 Å². The third-order valence-electron chi connectivity index (χ3n) is 3.24. The van der Waals surface area contributed by atoms with Gasteiger partial charge in [0.05, 0.1) is 5.56 Å². The Hall–Kier alpha value is -1.96. The van der Waals surface area contributed by atoms with Gasteiger partial charge in [-0.25, -0.2) is 9.97 Å². The zero-order valence-corrected chi connectivity index (χ0v) is 14.2. The quantitative estimate of drug-likeness (QED) is 0.856. The Morgan fingerprint density at radius 2 is 2.00 bits per heavy atom.